The van der Waals surface area contributed by atoms with E-state index in [0.717, 1.165) is 4.68 Å². The summed E-state index contributed by atoms with van der Waals surface area (Å²) in [5, 5.41) is 16.6. The standard InChI is InChI=1S/C12H7Cl2N3O2S/c13-6-1-2-9(18)8(5-6)17-12(19)15-11(16-17)10-7(14)3-4-20-10/h1-5,18H,(H,15,16,19). The number of phenols is 1. The molecule has 3 rings (SSSR count). The van der Waals surface area contributed by atoms with Gasteiger partial charge in [-0.25, -0.2) is 4.79 Å². The van der Waals surface area contributed by atoms with Crippen LogP contribution < -0.4 is 5.69 Å². The van der Waals surface area contributed by atoms with Gasteiger partial charge in [0.2, 0.25) is 0 Å². The number of hydrogen-bond acceptors (Lipinski definition) is 4. The van der Waals surface area contributed by atoms with E-state index in [0.29, 0.717) is 20.7 Å². The molecule has 3 aromatic rings. The zero-order valence-corrected chi connectivity index (χ0v) is 12.1. The molecule has 5 nitrogen and oxygen atoms in total. The molecule has 0 amide bonds. The third kappa shape index (κ3) is 2.22. The van der Waals surface area contributed by atoms with Crippen LogP contribution in [0.5, 0.6) is 5.75 Å². The Morgan fingerprint density at radius 2 is 2.10 bits per heavy atom. The Morgan fingerprint density at radius 1 is 1.30 bits per heavy atom. The van der Waals surface area contributed by atoms with Crippen LogP contribution in [-0.2, 0) is 0 Å². The fourth-order valence-corrected chi connectivity index (χ4v) is 2.97. The Balaban J connectivity index is 2.17. The van der Waals surface area contributed by atoms with Crippen molar-refractivity contribution in [1.82, 2.24) is 14.8 Å². The lowest BCUT2D eigenvalue weighted by atomic mass is 10.3. The molecule has 0 aliphatic rings. The molecular formula is C12H7Cl2N3O2S. The molecule has 0 unspecified atom stereocenters. The molecule has 0 saturated carbocycles. The van der Waals surface area contributed by atoms with Crippen molar-refractivity contribution in [2.24, 2.45) is 0 Å². The molecule has 8 heteroatoms. The third-order valence-corrected chi connectivity index (χ3v) is 4.20. The third-order valence-electron chi connectivity index (χ3n) is 2.62. The smallest absolute Gasteiger partial charge is 0.348 e. The van der Waals surface area contributed by atoms with Gasteiger partial charge >= 0.3 is 5.69 Å². The highest BCUT2D eigenvalue weighted by Crippen LogP contribution is 2.31. The summed E-state index contributed by atoms with van der Waals surface area (Å²) >= 11 is 13.2. The first-order valence-corrected chi connectivity index (χ1v) is 7.11. The zero-order valence-electron chi connectivity index (χ0n) is 9.80. The van der Waals surface area contributed by atoms with E-state index in [4.69, 9.17) is 23.2 Å². The van der Waals surface area contributed by atoms with Crippen molar-refractivity contribution in [3.05, 3.63) is 50.2 Å². The molecule has 0 spiro atoms. The highest BCUT2D eigenvalue weighted by atomic mass is 35.5. The fraction of sp³-hybridized carbons (Fsp3) is 0. The number of nitrogens with zero attached hydrogens (tertiary/aromatic N) is 2. The molecule has 0 atom stereocenters. The van der Waals surface area contributed by atoms with Crippen LogP contribution in [0.25, 0.3) is 16.4 Å². The Bertz CT molecular complexity index is 837. The van der Waals surface area contributed by atoms with E-state index in [9.17, 15) is 9.90 Å². The van der Waals surface area contributed by atoms with Gasteiger partial charge in [0, 0.05) is 5.02 Å². The molecular weight excluding hydrogens is 321 g/mol. The summed E-state index contributed by atoms with van der Waals surface area (Å²) in [6, 6.07) is 6.10. The van der Waals surface area contributed by atoms with Crippen molar-refractivity contribution in [2.45, 2.75) is 0 Å². The van der Waals surface area contributed by atoms with Crippen molar-refractivity contribution in [1.29, 1.82) is 0 Å². The van der Waals surface area contributed by atoms with Crippen molar-refractivity contribution >= 4 is 34.5 Å². The van der Waals surface area contributed by atoms with Crippen LogP contribution in [0.4, 0.5) is 0 Å². The molecule has 0 fully saturated rings. The van der Waals surface area contributed by atoms with Crippen molar-refractivity contribution in [3.63, 3.8) is 0 Å². The summed E-state index contributed by atoms with van der Waals surface area (Å²) in [5.74, 6) is 0.251. The van der Waals surface area contributed by atoms with Crippen molar-refractivity contribution in [2.75, 3.05) is 0 Å². The van der Waals surface area contributed by atoms with Gasteiger partial charge in [-0.1, -0.05) is 23.2 Å². The maximum atomic E-state index is 12.0. The Hall–Kier alpha value is -1.76. The van der Waals surface area contributed by atoms with Gasteiger partial charge in [0.25, 0.3) is 0 Å². The number of nitrogens with one attached hydrogen (secondary N) is 1. The summed E-state index contributed by atoms with van der Waals surface area (Å²) in [6.45, 7) is 0. The van der Waals surface area contributed by atoms with Crippen LogP contribution in [0, 0.1) is 0 Å². The average Bonchev–Trinajstić information content (AvgIpc) is 2.98. The average molecular weight is 328 g/mol. The fourth-order valence-electron chi connectivity index (χ4n) is 1.72. The summed E-state index contributed by atoms with van der Waals surface area (Å²) in [4.78, 5) is 15.2. The molecule has 102 valence electrons. The van der Waals surface area contributed by atoms with Gasteiger partial charge < -0.3 is 5.11 Å². The van der Waals surface area contributed by atoms with Gasteiger partial charge in [0.1, 0.15) is 11.4 Å². The monoisotopic (exact) mass is 327 g/mol. The number of aromatic amines is 1. The Morgan fingerprint density at radius 3 is 2.80 bits per heavy atom. The minimum Gasteiger partial charge on any atom is -0.506 e. The van der Waals surface area contributed by atoms with E-state index in [-0.39, 0.29) is 11.4 Å². The van der Waals surface area contributed by atoms with Crippen LogP contribution in [0.3, 0.4) is 0 Å². The van der Waals surface area contributed by atoms with Gasteiger partial charge in [-0.15, -0.1) is 16.4 Å². The van der Waals surface area contributed by atoms with Crippen LogP contribution in [-0.4, -0.2) is 19.9 Å². The van der Waals surface area contributed by atoms with Gasteiger partial charge in [0.05, 0.1) is 9.90 Å². The highest BCUT2D eigenvalue weighted by molar-refractivity contribution is 7.14. The zero-order chi connectivity index (χ0) is 14.3. The van der Waals surface area contributed by atoms with Gasteiger partial charge in [-0.3, -0.25) is 4.98 Å². The summed E-state index contributed by atoms with van der Waals surface area (Å²) in [6.07, 6.45) is 0. The minimum atomic E-state index is -0.484. The van der Waals surface area contributed by atoms with E-state index >= 15 is 0 Å². The van der Waals surface area contributed by atoms with Crippen LogP contribution in [0.1, 0.15) is 0 Å². The molecule has 0 aliphatic heterocycles. The number of rotatable bonds is 2. The summed E-state index contributed by atoms with van der Waals surface area (Å²) in [7, 11) is 0. The predicted molar refractivity (Wildman–Crippen MR) is 79.2 cm³/mol. The molecule has 0 aliphatic carbocycles. The van der Waals surface area contributed by atoms with E-state index in [1.54, 1.807) is 11.4 Å². The lowest BCUT2D eigenvalue weighted by Crippen LogP contribution is -2.16. The molecule has 0 radical (unpaired) electrons. The number of aromatic nitrogens is 3. The van der Waals surface area contributed by atoms with E-state index in [2.05, 4.69) is 10.1 Å². The molecule has 2 N–H and O–H groups in total. The van der Waals surface area contributed by atoms with Crippen molar-refractivity contribution in [3.8, 4) is 22.1 Å². The minimum absolute atomic E-state index is 0.0909. The number of H-pyrrole nitrogens is 1. The molecule has 2 aromatic heterocycles. The number of phenolic OH excluding ortho intramolecular Hbond substituents is 1. The second-order valence-electron chi connectivity index (χ2n) is 3.92. The van der Waals surface area contributed by atoms with Crippen LogP contribution >= 0.6 is 34.5 Å². The first-order chi connectivity index (χ1) is 9.56. The maximum absolute atomic E-state index is 12.0. The second-order valence-corrected chi connectivity index (χ2v) is 5.68. The van der Waals surface area contributed by atoms with Gasteiger partial charge in [0.15, 0.2) is 5.82 Å². The maximum Gasteiger partial charge on any atom is 0.348 e. The number of hydrogen-bond donors (Lipinski definition) is 2. The topological polar surface area (TPSA) is 70.9 Å². The van der Waals surface area contributed by atoms with Gasteiger partial charge in [-0.2, -0.15) is 4.68 Å². The van der Waals surface area contributed by atoms with Crippen molar-refractivity contribution < 1.29 is 5.11 Å². The molecule has 2 heterocycles. The molecule has 20 heavy (non-hydrogen) atoms. The predicted octanol–water partition coefficient (Wildman–Crippen LogP) is 3.30. The SMILES string of the molecule is O=c1[nH]c(-c2sccc2Cl)nn1-c1cc(Cl)ccc1O. The summed E-state index contributed by atoms with van der Waals surface area (Å²) < 4.78 is 1.05. The largest absolute Gasteiger partial charge is 0.506 e. The summed E-state index contributed by atoms with van der Waals surface area (Å²) in [5.41, 5.74) is -0.278. The normalized spacial score (nSPS) is 10.9. The lowest BCUT2D eigenvalue weighted by molar-refractivity contribution is 0.470. The molecule has 0 bridgehead atoms. The van der Waals surface area contributed by atoms with E-state index < -0.39 is 5.69 Å². The van der Waals surface area contributed by atoms with Crippen LogP contribution in [0.2, 0.25) is 10.0 Å². The number of benzene rings is 1. The highest BCUT2D eigenvalue weighted by Gasteiger charge is 2.15. The van der Waals surface area contributed by atoms with Gasteiger partial charge in [-0.05, 0) is 29.6 Å². The Kier molecular flexibility index (Phi) is 3.29. The number of thiophene rings is 1. The number of halogens is 2. The van der Waals surface area contributed by atoms with E-state index in [1.165, 1.54) is 29.5 Å². The molecule has 1 aromatic carbocycles. The Labute approximate surface area is 127 Å². The van der Waals surface area contributed by atoms with E-state index in [1.807, 2.05) is 0 Å². The quantitative estimate of drug-likeness (QED) is 0.758. The lowest BCUT2D eigenvalue weighted by Gasteiger charge is -2.02. The first kappa shape index (κ1) is 13.2. The van der Waals surface area contributed by atoms with Crippen LogP contribution in [0.15, 0.2) is 34.4 Å². The number of aromatic hydroxyl groups is 1. The molecule has 0 saturated heterocycles. The first-order valence-electron chi connectivity index (χ1n) is 5.48. The second kappa shape index (κ2) is 4.97.